The van der Waals surface area contributed by atoms with Crippen molar-refractivity contribution >= 4 is 32.9 Å². The second-order valence-electron chi connectivity index (χ2n) is 9.00. The van der Waals surface area contributed by atoms with Crippen molar-refractivity contribution in [3.8, 4) is 17.2 Å². The lowest BCUT2D eigenvalue weighted by molar-refractivity contribution is 0.335. The van der Waals surface area contributed by atoms with Gasteiger partial charge in [0.25, 0.3) is 0 Å². The summed E-state index contributed by atoms with van der Waals surface area (Å²) in [7, 11) is 1.63. The van der Waals surface area contributed by atoms with Crippen LogP contribution in [0.25, 0.3) is 32.9 Å². The third-order valence-electron chi connectivity index (χ3n) is 5.57. The molecule has 0 atom stereocenters. The molecule has 0 amide bonds. The second kappa shape index (κ2) is 10.7. The summed E-state index contributed by atoms with van der Waals surface area (Å²) in [6, 6.07) is 12.7. The number of rotatable bonds is 5. The third kappa shape index (κ3) is 5.69. The largest absolute Gasteiger partial charge is 0.504 e. The minimum atomic E-state index is -0.427. The Kier molecular flexibility index (Phi) is 7.38. The van der Waals surface area contributed by atoms with Gasteiger partial charge in [0.05, 0.1) is 12.5 Å². The minimum Gasteiger partial charge on any atom is -0.504 e. The van der Waals surface area contributed by atoms with Crippen molar-refractivity contribution in [3.63, 3.8) is 0 Å². The number of hydrogen-bond acceptors (Lipinski definition) is 8. The number of furan rings is 1. The van der Waals surface area contributed by atoms with E-state index < -0.39 is 5.63 Å². The summed E-state index contributed by atoms with van der Waals surface area (Å²) in [6.07, 6.45) is 1.89. The topological polar surface area (TPSA) is 112 Å². The number of phenolic OH excluding ortho intramolecular Hbond substituents is 1. The van der Waals surface area contributed by atoms with E-state index in [1.807, 2.05) is 39.8 Å². The molecule has 2 aromatic carbocycles. The van der Waals surface area contributed by atoms with Crippen LogP contribution in [0.2, 0.25) is 0 Å². The average molecular weight is 505 g/mol. The summed E-state index contributed by atoms with van der Waals surface area (Å²) >= 11 is 0. The lowest BCUT2D eigenvalue weighted by atomic mass is 10.1. The molecule has 0 spiro atoms. The Labute approximate surface area is 212 Å². The highest BCUT2D eigenvalue weighted by atomic mass is 16.5. The summed E-state index contributed by atoms with van der Waals surface area (Å²) in [5.41, 5.74) is 1.92. The van der Waals surface area contributed by atoms with Gasteiger partial charge in [-0.2, -0.15) is 0 Å². The molecule has 0 aliphatic heterocycles. The molecule has 8 nitrogen and oxygen atoms in total. The summed E-state index contributed by atoms with van der Waals surface area (Å²) in [4.78, 5) is 22.3. The molecule has 0 bridgehead atoms. The normalized spacial score (nSPS) is 11.0. The number of aromatic hydroxyl groups is 1. The van der Waals surface area contributed by atoms with Gasteiger partial charge in [-0.1, -0.05) is 19.4 Å². The van der Waals surface area contributed by atoms with E-state index in [-0.39, 0.29) is 17.3 Å². The predicted octanol–water partition coefficient (Wildman–Crippen LogP) is 6.51. The van der Waals surface area contributed by atoms with Crippen LogP contribution in [0, 0.1) is 0 Å². The number of methoxy groups -OCH3 is 1. The summed E-state index contributed by atoms with van der Waals surface area (Å²) in [6.45, 7) is 8.36. The van der Waals surface area contributed by atoms with Crippen LogP contribution in [-0.4, -0.2) is 18.8 Å². The average Bonchev–Trinajstić information content (AvgIpc) is 3.21. The molecule has 1 N–H and O–H groups in total. The SMILES string of the molecule is CC(C)=CCOc1cc2oc(=O)ccc2cc1O.COc1c(C(C)C)oc2cc3oc(=O)ccc3cc12. The van der Waals surface area contributed by atoms with Crippen LogP contribution in [0.3, 0.4) is 0 Å². The van der Waals surface area contributed by atoms with Crippen LogP contribution >= 0.6 is 0 Å². The maximum atomic E-state index is 11.2. The number of fused-ring (bicyclic) bond motifs is 3. The molecule has 0 fully saturated rings. The summed E-state index contributed by atoms with van der Waals surface area (Å²) < 4.78 is 26.8. The van der Waals surface area contributed by atoms with Crippen LogP contribution in [0.1, 0.15) is 39.4 Å². The smallest absolute Gasteiger partial charge is 0.336 e. The van der Waals surface area contributed by atoms with Crippen molar-refractivity contribution < 1.29 is 27.8 Å². The van der Waals surface area contributed by atoms with E-state index in [4.69, 9.17) is 22.7 Å². The van der Waals surface area contributed by atoms with Crippen molar-refractivity contribution in [2.45, 2.75) is 33.6 Å². The van der Waals surface area contributed by atoms with Gasteiger partial charge in [-0.05, 0) is 44.2 Å². The van der Waals surface area contributed by atoms with Gasteiger partial charge in [0.15, 0.2) is 17.2 Å². The molecule has 0 aliphatic carbocycles. The highest BCUT2D eigenvalue weighted by Crippen LogP contribution is 2.39. The molecule has 3 aromatic heterocycles. The van der Waals surface area contributed by atoms with Crippen molar-refractivity contribution in [1.29, 1.82) is 0 Å². The van der Waals surface area contributed by atoms with E-state index >= 15 is 0 Å². The lowest BCUT2D eigenvalue weighted by Crippen LogP contribution is -1.97. The molecule has 192 valence electrons. The Balaban J connectivity index is 0.000000173. The second-order valence-corrected chi connectivity index (χ2v) is 9.00. The van der Waals surface area contributed by atoms with E-state index in [1.165, 1.54) is 24.3 Å². The van der Waals surface area contributed by atoms with Crippen molar-refractivity contribution in [3.05, 3.63) is 86.8 Å². The number of ether oxygens (including phenoxy) is 2. The van der Waals surface area contributed by atoms with Crippen LogP contribution in [0.5, 0.6) is 17.2 Å². The molecule has 0 aliphatic rings. The zero-order chi connectivity index (χ0) is 26.7. The number of benzene rings is 2. The van der Waals surface area contributed by atoms with Gasteiger partial charge in [-0.15, -0.1) is 0 Å². The molecular formula is C29H28O8. The molecule has 3 heterocycles. The molecule has 5 aromatic rings. The van der Waals surface area contributed by atoms with E-state index in [0.717, 1.165) is 27.9 Å². The fraction of sp³-hybridized carbons (Fsp3) is 0.241. The van der Waals surface area contributed by atoms with E-state index in [2.05, 4.69) is 0 Å². The van der Waals surface area contributed by atoms with Gasteiger partial charge in [0.1, 0.15) is 29.1 Å². The Hall–Kier alpha value is -4.46. The molecule has 0 radical (unpaired) electrons. The molecule has 37 heavy (non-hydrogen) atoms. The van der Waals surface area contributed by atoms with Crippen LogP contribution in [0.4, 0.5) is 0 Å². The van der Waals surface area contributed by atoms with Gasteiger partial charge in [-0.3, -0.25) is 0 Å². The number of hydrogen-bond donors (Lipinski definition) is 1. The molecule has 0 saturated carbocycles. The molecule has 0 unspecified atom stereocenters. The summed E-state index contributed by atoms with van der Waals surface area (Å²) in [5, 5.41) is 12.2. The predicted molar refractivity (Wildman–Crippen MR) is 142 cm³/mol. The summed E-state index contributed by atoms with van der Waals surface area (Å²) in [5.74, 6) is 2.10. The lowest BCUT2D eigenvalue weighted by Gasteiger charge is -2.07. The third-order valence-corrected chi connectivity index (χ3v) is 5.57. The van der Waals surface area contributed by atoms with Crippen molar-refractivity contribution in [1.82, 2.24) is 0 Å². The fourth-order valence-electron chi connectivity index (χ4n) is 3.75. The minimum absolute atomic E-state index is 0.0264. The fourth-order valence-corrected chi connectivity index (χ4v) is 3.75. The number of allylic oxidation sites excluding steroid dienone is 1. The van der Waals surface area contributed by atoms with E-state index in [0.29, 0.717) is 34.5 Å². The zero-order valence-corrected chi connectivity index (χ0v) is 21.3. The van der Waals surface area contributed by atoms with Crippen LogP contribution in [0.15, 0.2) is 83.0 Å². The highest BCUT2D eigenvalue weighted by Gasteiger charge is 2.18. The Morgan fingerprint density at radius 2 is 1.51 bits per heavy atom. The Bertz CT molecular complexity index is 1710. The van der Waals surface area contributed by atoms with E-state index in [1.54, 1.807) is 25.3 Å². The van der Waals surface area contributed by atoms with Crippen LogP contribution in [-0.2, 0) is 0 Å². The zero-order valence-electron chi connectivity index (χ0n) is 21.3. The first-order valence-electron chi connectivity index (χ1n) is 11.7. The highest BCUT2D eigenvalue weighted by molar-refractivity contribution is 5.97. The number of phenols is 1. The van der Waals surface area contributed by atoms with Gasteiger partial charge in [0.2, 0.25) is 0 Å². The Morgan fingerprint density at radius 1 is 0.892 bits per heavy atom. The first-order chi connectivity index (χ1) is 17.7. The van der Waals surface area contributed by atoms with Gasteiger partial charge < -0.3 is 27.8 Å². The maximum absolute atomic E-state index is 11.2. The molecule has 8 heteroatoms. The maximum Gasteiger partial charge on any atom is 0.336 e. The molecule has 5 rings (SSSR count). The Morgan fingerprint density at radius 3 is 2.11 bits per heavy atom. The monoisotopic (exact) mass is 504 g/mol. The van der Waals surface area contributed by atoms with Crippen LogP contribution < -0.4 is 20.7 Å². The van der Waals surface area contributed by atoms with Crippen molar-refractivity contribution in [2.24, 2.45) is 0 Å². The molecule has 0 saturated heterocycles. The molecular weight excluding hydrogens is 476 g/mol. The van der Waals surface area contributed by atoms with Gasteiger partial charge >= 0.3 is 11.3 Å². The van der Waals surface area contributed by atoms with E-state index in [9.17, 15) is 14.7 Å². The van der Waals surface area contributed by atoms with Gasteiger partial charge in [0, 0.05) is 41.0 Å². The van der Waals surface area contributed by atoms with Gasteiger partial charge in [-0.25, -0.2) is 9.59 Å². The first kappa shape index (κ1) is 25.6. The standard InChI is InChI=1S/C15H14O4.C14H14O4/c1-8(2)14-15(17-3)10-6-9-4-5-13(16)18-11(9)7-12(10)19-14;1-9(2)5-6-17-13-8-12-10(7-11(13)15)3-4-14(16)18-12/h4-8H,1-3H3;3-5,7-8,15H,6H2,1-2H3. The van der Waals surface area contributed by atoms with Crippen molar-refractivity contribution in [2.75, 3.05) is 13.7 Å². The first-order valence-corrected chi connectivity index (χ1v) is 11.7. The quantitative estimate of drug-likeness (QED) is 0.213.